The Balaban J connectivity index is 1.99. The first-order valence-corrected chi connectivity index (χ1v) is 7.60. The minimum atomic E-state index is -0.312. The summed E-state index contributed by atoms with van der Waals surface area (Å²) in [6.45, 7) is 1.50. The number of fused-ring (bicyclic) bond motifs is 1. The molecule has 6 heteroatoms. The molecule has 108 valence electrons. The molecule has 1 aromatic heterocycles. The summed E-state index contributed by atoms with van der Waals surface area (Å²) in [5, 5.41) is 13.3. The molecule has 1 aliphatic rings. The molecule has 0 aliphatic carbocycles. The second-order valence-electron chi connectivity index (χ2n) is 5.38. The van der Waals surface area contributed by atoms with E-state index >= 15 is 0 Å². The zero-order valence-corrected chi connectivity index (χ0v) is 13.3. The molecular formula is C14H19BrN4O. The van der Waals surface area contributed by atoms with Crippen molar-refractivity contribution < 1.29 is 5.11 Å². The van der Waals surface area contributed by atoms with Crippen molar-refractivity contribution in [3.8, 4) is 0 Å². The van der Waals surface area contributed by atoms with Gasteiger partial charge in [0.05, 0.1) is 17.1 Å². The summed E-state index contributed by atoms with van der Waals surface area (Å²) >= 11 is 3.48. The van der Waals surface area contributed by atoms with E-state index in [0.29, 0.717) is 12.6 Å². The minimum absolute atomic E-state index is 0.297. The molecule has 2 aromatic rings. The minimum Gasteiger partial charge on any atom is -0.391 e. The quantitative estimate of drug-likeness (QED) is 0.871. The van der Waals surface area contributed by atoms with Gasteiger partial charge in [-0.15, -0.1) is 0 Å². The maximum atomic E-state index is 10.0. The van der Waals surface area contributed by atoms with Crippen molar-refractivity contribution in [2.45, 2.75) is 18.6 Å². The van der Waals surface area contributed by atoms with E-state index in [9.17, 15) is 5.11 Å². The van der Waals surface area contributed by atoms with Gasteiger partial charge in [-0.1, -0.05) is 15.9 Å². The van der Waals surface area contributed by atoms with E-state index in [2.05, 4.69) is 36.8 Å². The van der Waals surface area contributed by atoms with Crippen molar-refractivity contribution in [2.24, 2.45) is 7.05 Å². The number of nitrogens with zero attached hydrogens (tertiary/aromatic N) is 3. The number of aryl methyl sites for hydroxylation is 1. The summed E-state index contributed by atoms with van der Waals surface area (Å²) in [6, 6.07) is 6.40. The number of hydrogen-bond acceptors (Lipinski definition) is 4. The molecule has 1 saturated heterocycles. The summed E-state index contributed by atoms with van der Waals surface area (Å²) in [6.07, 6.45) is 0.482. The van der Waals surface area contributed by atoms with Gasteiger partial charge in [-0.25, -0.2) is 4.98 Å². The van der Waals surface area contributed by atoms with Crippen molar-refractivity contribution in [2.75, 3.05) is 25.0 Å². The van der Waals surface area contributed by atoms with Gasteiger partial charge in [0.1, 0.15) is 0 Å². The number of aliphatic hydroxyl groups excluding tert-OH is 1. The van der Waals surface area contributed by atoms with E-state index in [4.69, 9.17) is 4.98 Å². The Bertz CT molecular complexity index is 627. The van der Waals surface area contributed by atoms with E-state index < -0.39 is 0 Å². The molecule has 2 atom stereocenters. The Morgan fingerprint density at radius 1 is 1.40 bits per heavy atom. The fourth-order valence-electron chi connectivity index (χ4n) is 2.89. The molecule has 20 heavy (non-hydrogen) atoms. The number of rotatable bonds is 2. The standard InChI is InChI=1S/C14H19BrN4O/c1-16-10-6-11(20)8-19(7-10)14-17-12-5-9(15)3-4-13(12)18(14)2/h3-5,10-11,16,20H,6-8H2,1-2H3/t10-,11-/m1/s1. The first-order chi connectivity index (χ1) is 9.58. The number of piperidine rings is 1. The van der Waals surface area contributed by atoms with E-state index in [1.54, 1.807) is 0 Å². The first kappa shape index (κ1) is 13.9. The van der Waals surface area contributed by atoms with Crippen molar-refractivity contribution >= 4 is 32.9 Å². The van der Waals surface area contributed by atoms with Gasteiger partial charge in [0.25, 0.3) is 0 Å². The number of β-amino-alcohol motifs (C(OH)–C–C–N with tert-alkyl or cyclic N) is 1. The molecule has 0 saturated carbocycles. The van der Waals surface area contributed by atoms with Crippen molar-refractivity contribution in [1.82, 2.24) is 14.9 Å². The van der Waals surface area contributed by atoms with Crippen LogP contribution in [0.25, 0.3) is 11.0 Å². The molecule has 3 rings (SSSR count). The molecule has 0 unspecified atom stereocenters. The number of anilines is 1. The summed E-state index contributed by atoms with van der Waals surface area (Å²) in [5.41, 5.74) is 2.07. The SMILES string of the molecule is CN[C@@H]1C[C@@H](O)CN(c2nc3cc(Br)ccc3n2C)C1. The number of nitrogens with one attached hydrogen (secondary N) is 1. The van der Waals surface area contributed by atoms with Gasteiger partial charge < -0.3 is 19.9 Å². The van der Waals surface area contributed by atoms with Crippen LogP contribution in [0.3, 0.4) is 0 Å². The first-order valence-electron chi connectivity index (χ1n) is 6.80. The van der Waals surface area contributed by atoms with Gasteiger partial charge in [-0.2, -0.15) is 0 Å². The number of benzene rings is 1. The van der Waals surface area contributed by atoms with Gasteiger partial charge in [0.15, 0.2) is 0 Å². The van der Waals surface area contributed by atoms with E-state index in [-0.39, 0.29) is 6.10 Å². The Kier molecular flexibility index (Phi) is 3.70. The lowest BCUT2D eigenvalue weighted by atomic mass is 10.0. The second kappa shape index (κ2) is 5.35. The molecule has 2 N–H and O–H groups in total. The highest BCUT2D eigenvalue weighted by Crippen LogP contribution is 2.26. The fraction of sp³-hybridized carbons (Fsp3) is 0.500. The topological polar surface area (TPSA) is 53.3 Å². The lowest BCUT2D eigenvalue weighted by Crippen LogP contribution is -2.51. The van der Waals surface area contributed by atoms with Crippen molar-refractivity contribution in [3.63, 3.8) is 0 Å². The zero-order chi connectivity index (χ0) is 14.3. The van der Waals surface area contributed by atoms with Crippen LogP contribution in [0.1, 0.15) is 6.42 Å². The number of aromatic nitrogens is 2. The Hall–Kier alpha value is -1.11. The number of hydrogen-bond donors (Lipinski definition) is 2. The highest BCUT2D eigenvalue weighted by atomic mass is 79.9. The van der Waals surface area contributed by atoms with Crippen molar-refractivity contribution in [1.29, 1.82) is 0 Å². The molecule has 0 radical (unpaired) electrons. The second-order valence-corrected chi connectivity index (χ2v) is 6.30. The normalized spacial score (nSPS) is 23.5. The van der Waals surface area contributed by atoms with Crippen LogP contribution in [-0.4, -0.2) is 46.9 Å². The number of imidazole rings is 1. The number of halogens is 1. The Labute approximate surface area is 126 Å². The molecule has 1 aromatic carbocycles. The molecule has 1 aliphatic heterocycles. The molecule has 2 heterocycles. The zero-order valence-electron chi connectivity index (χ0n) is 11.7. The summed E-state index contributed by atoms with van der Waals surface area (Å²) < 4.78 is 3.12. The Morgan fingerprint density at radius 3 is 2.95 bits per heavy atom. The van der Waals surface area contributed by atoms with Gasteiger partial charge in [-0.05, 0) is 31.7 Å². The molecule has 0 bridgehead atoms. The van der Waals surface area contributed by atoms with E-state index in [1.807, 2.05) is 26.2 Å². The highest BCUT2D eigenvalue weighted by Gasteiger charge is 2.27. The summed E-state index contributed by atoms with van der Waals surface area (Å²) in [5.74, 6) is 0.914. The van der Waals surface area contributed by atoms with Crippen LogP contribution in [-0.2, 0) is 7.05 Å². The fourth-order valence-corrected chi connectivity index (χ4v) is 3.24. The third-order valence-corrected chi connectivity index (χ3v) is 4.43. The summed E-state index contributed by atoms with van der Waals surface area (Å²) in [7, 11) is 3.96. The van der Waals surface area contributed by atoms with Crippen LogP contribution in [0.5, 0.6) is 0 Å². The third-order valence-electron chi connectivity index (χ3n) is 3.94. The van der Waals surface area contributed by atoms with Crippen LogP contribution in [0.4, 0.5) is 5.95 Å². The molecule has 5 nitrogen and oxygen atoms in total. The van der Waals surface area contributed by atoms with Crippen LogP contribution < -0.4 is 10.2 Å². The lowest BCUT2D eigenvalue weighted by molar-refractivity contribution is 0.138. The molecule has 0 amide bonds. The maximum absolute atomic E-state index is 10.0. The van der Waals surface area contributed by atoms with E-state index in [1.165, 1.54) is 0 Å². The molecular weight excluding hydrogens is 320 g/mol. The van der Waals surface area contributed by atoms with Crippen LogP contribution in [0.2, 0.25) is 0 Å². The van der Waals surface area contributed by atoms with Crippen LogP contribution in [0, 0.1) is 0 Å². The Morgan fingerprint density at radius 2 is 2.20 bits per heavy atom. The number of aliphatic hydroxyl groups is 1. The lowest BCUT2D eigenvalue weighted by Gasteiger charge is -2.36. The molecule has 1 fully saturated rings. The van der Waals surface area contributed by atoms with Gasteiger partial charge in [-0.3, -0.25) is 0 Å². The summed E-state index contributed by atoms with van der Waals surface area (Å²) in [4.78, 5) is 6.88. The highest BCUT2D eigenvalue weighted by molar-refractivity contribution is 9.10. The predicted octanol–water partition coefficient (Wildman–Crippen LogP) is 1.49. The largest absolute Gasteiger partial charge is 0.391 e. The van der Waals surface area contributed by atoms with Crippen LogP contribution in [0.15, 0.2) is 22.7 Å². The molecule has 0 spiro atoms. The van der Waals surface area contributed by atoms with Crippen molar-refractivity contribution in [3.05, 3.63) is 22.7 Å². The average molecular weight is 339 g/mol. The van der Waals surface area contributed by atoms with Gasteiger partial charge >= 0.3 is 0 Å². The van der Waals surface area contributed by atoms with Gasteiger partial charge in [0.2, 0.25) is 5.95 Å². The smallest absolute Gasteiger partial charge is 0.206 e. The monoisotopic (exact) mass is 338 g/mol. The van der Waals surface area contributed by atoms with Gasteiger partial charge in [0, 0.05) is 30.7 Å². The number of likely N-dealkylation sites (N-methyl/N-ethyl adjacent to an activating group) is 1. The third kappa shape index (κ3) is 2.43. The predicted molar refractivity (Wildman–Crippen MR) is 84.1 cm³/mol. The average Bonchev–Trinajstić information content (AvgIpc) is 2.74. The van der Waals surface area contributed by atoms with E-state index in [0.717, 1.165) is 34.4 Å². The maximum Gasteiger partial charge on any atom is 0.206 e. The van der Waals surface area contributed by atoms with Crippen LogP contribution >= 0.6 is 15.9 Å².